The van der Waals surface area contributed by atoms with Gasteiger partial charge in [-0.15, -0.1) is 0 Å². The molecule has 1 aromatic carbocycles. The average molecular weight is 311 g/mol. The molecule has 0 aliphatic carbocycles. The SMILES string of the molecule is Cc1cc(C(=O)N(C)Cc2ccc(O)cc2)c2c(C)noc2n1. The van der Waals surface area contributed by atoms with Crippen molar-refractivity contribution in [3.63, 3.8) is 0 Å². The van der Waals surface area contributed by atoms with Crippen LogP contribution in [0.2, 0.25) is 0 Å². The van der Waals surface area contributed by atoms with Gasteiger partial charge in [0.1, 0.15) is 5.75 Å². The summed E-state index contributed by atoms with van der Waals surface area (Å²) in [5, 5.41) is 13.9. The zero-order valence-corrected chi connectivity index (χ0v) is 13.2. The van der Waals surface area contributed by atoms with E-state index in [2.05, 4.69) is 10.1 Å². The lowest BCUT2D eigenvalue weighted by atomic mass is 10.1. The van der Waals surface area contributed by atoms with E-state index in [-0.39, 0.29) is 11.7 Å². The number of aromatic nitrogens is 2. The summed E-state index contributed by atoms with van der Waals surface area (Å²) in [6, 6.07) is 8.54. The summed E-state index contributed by atoms with van der Waals surface area (Å²) in [5.41, 5.74) is 3.20. The van der Waals surface area contributed by atoms with Gasteiger partial charge in [-0.25, -0.2) is 4.98 Å². The molecule has 0 aliphatic heterocycles. The largest absolute Gasteiger partial charge is 0.508 e. The molecule has 3 rings (SSSR count). The number of amides is 1. The number of nitrogens with zero attached hydrogens (tertiary/aromatic N) is 3. The van der Waals surface area contributed by atoms with Crippen molar-refractivity contribution in [1.82, 2.24) is 15.0 Å². The van der Waals surface area contributed by atoms with Gasteiger partial charge in [-0.05, 0) is 37.6 Å². The second kappa shape index (κ2) is 5.72. The van der Waals surface area contributed by atoms with Crippen molar-refractivity contribution in [2.75, 3.05) is 7.05 Å². The molecule has 1 amide bonds. The normalized spacial score (nSPS) is 10.9. The van der Waals surface area contributed by atoms with Gasteiger partial charge < -0.3 is 14.5 Å². The standard InChI is InChI=1S/C17H17N3O3/c1-10-8-14(15-11(2)19-23-16(15)18-10)17(22)20(3)9-12-4-6-13(21)7-5-12/h4-8,21H,9H2,1-3H3. The Balaban J connectivity index is 1.93. The molecule has 3 aromatic rings. The number of phenols is 1. The molecule has 23 heavy (non-hydrogen) atoms. The van der Waals surface area contributed by atoms with Crippen LogP contribution in [-0.2, 0) is 6.54 Å². The predicted molar refractivity (Wildman–Crippen MR) is 85.2 cm³/mol. The Bertz CT molecular complexity index is 869. The number of hydrogen-bond donors (Lipinski definition) is 1. The van der Waals surface area contributed by atoms with Crippen LogP contribution in [0.3, 0.4) is 0 Å². The molecule has 0 spiro atoms. The maximum Gasteiger partial charge on any atom is 0.258 e. The molecule has 118 valence electrons. The fourth-order valence-electron chi connectivity index (χ4n) is 2.54. The Kier molecular flexibility index (Phi) is 3.73. The highest BCUT2D eigenvalue weighted by atomic mass is 16.5. The molecule has 6 nitrogen and oxygen atoms in total. The molecule has 0 bridgehead atoms. The molecule has 0 aliphatic rings. The third-order valence-electron chi connectivity index (χ3n) is 3.68. The van der Waals surface area contributed by atoms with Gasteiger partial charge in [0.15, 0.2) is 0 Å². The second-order valence-corrected chi connectivity index (χ2v) is 5.59. The van der Waals surface area contributed by atoms with Gasteiger partial charge in [-0.3, -0.25) is 4.79 Å². The van der Waals surface area contributed by atoms with Crippen molar-refractivity contribution < 1.29 is 14.4 Å². The van der Waals surface area contributed by atoms with E-state index in [0.717, 1.165) is 5.56 Å². The van der Waals surface area contributed by atoms with Gasteiger partial charge in [0.2, 0.25) is 0 Å². The summed E-state index contributed by atoms with van der Waals surface area (Å²) < 4.78 is 5.17. The minimum absolute atomic E-state index is 0.125. The Labute approximate surface area is 133 Å². The third kappa shape index (κ3) is 2.88. The number of rotatable bonds is 3. The fraction of sp³-hybridized carbons (Fsp3) is 0.235. The lowest BCUT2D eigenvalue weighted by Gasteiger charge is -2.18. The molecule has 1 N–H and O–H groups in total. The van der Waals surface area contributed by atoms with E-state index in [1.165, 1.54) is 0 Å². The van der Waals surface area contributed by atoms with E-state index >= 15 is 0 Å². The van der Waals surface area contributed by atoms with Crippen LogP contribution < -0.4 is 0 Å². The molecule has 0 saturated carbocycles. The average Bonchev–Trinajstić information content (AvgIpc) is 2.89. The van der Waals surface area contributed by atoms with Crippen LogP contribution in [0.15, 0.2) is 34.9 Å². The van der Waals surface area contributed by atoms with Crippen LogP contribution in [0, 0.1) is 13.8 Å². The van der Waals surface area contributed by atoms with E-state index < -0.39 is 0 Å². The fourth-order valence-corrected chi connectivity index (χ4v) is 2.54. The van der Waals surface area contributed by atoms with Crippen molar-refractivity contribution in [3.05, 3.63) is 52.8 Å². The van der Waals surface area contributed by atoms with Crippen molar-refractivity contribution in [3.8, 4) is 5.75 Å². The molecule has 0 radical (unpaired) electrons. The smallest absolute Gasteiger partial charge is 0.258 e. The Morgan fingerprint density at radius 3 is 2.65 bits per heavy atom. The molecule has 6 heteroatoms. The minimum atomic E-state index is -0.125. The van der Waals surface area contributed by atoms with Gasteiger partial charge in [0.05, 0.1) is 16.6 Å². The summed E-state index contributed by atoms with van der Waals surface area (Å²) in [7, 11) is 1.74. The highest BCUT2D eigenvalue weighted by Crippen LogP contribution is 2.23. The van der Waals surface area contributed by atoms with Crippen molar-refractivity contribution in [1.29, 1.82) is 0 Å². The maximum atomic E-state index is 12.8. The number of carbonyl (C=O) groups is 1. The third-order valence-corrected chi connectivity index (χ3v) is 3.68. The van der Waals surface area contributed by atoms with Crippen molar-refractivity contribution in [2.24, 2.45) is 0 Å². The lowest BCUT2D eigenvalue weighted by molar-refractivity contribution is 0.0787. The first kappa shape index (κ1) is 15.0. The Morgan fingerprint density at radius 2 is 1.96 bits per heavy atom. The van der Waals surface area contributed by atoms with Crippen LogP contribution >= 0.6 is 0 Å². The second-order valence-electron chi connectivity index (χ2n) is 5.59. The number of carbonyl (C=O) groups excluding carboxylic acids is 1. The van der Waals surface area contributed by atoms with E-state index in [1.54, 1.807) is 49.2 Å². The topological polar surface area (TPSA) is 79.5 Å². The zero-order valence-electron chi connectivity index (χ0n) is 13.2. The number of hydrogen-bond acceptors (Lipinski definition) is 5. The summed E-state index contributed by atoms with van der Waals surface area (Å²) in [6.07, 6.45) is 0. The molecule has 0 atom stereocenters. The summed E-state index contributed by atoms with van der Waals surface area (Å²) in [4.78, 5) is 18.7. The highest BCUT2D eigenvalue weighted by molar-refractivity contribution is 6.05. The predicted octanol–water partition coefficient (Wildman–Crippen LogP) is 2.82. The van der Waals surface area contributed by atoms with Crippen LogP contribution in [0.25, 0.3) is 11.1 Å². The number of benzene rings is 1. The Morgan fingerprint density at radius 1 is 1.26 bits per heavy atom. The summed E-state index contributed by atoms with van der Waals surface area (Å²) >= 11 is 0. The van der Waals surface area contributed by atoms with Crippen LogP contribution in [0.5, 0.6) is 5.75 Å². The molecular weight excluding hydrogens is 294 g/mol. The number of aryl methyl sites for hydroxylation is 2. The summed E-state index contributed by atoms with van der Waals surface area (Å²) in [5.74, 6) is 0.0779. The van der Waals surface area contributed by atoms with Crippen molar-refractivity contribution in [2.45, 2.75) is 20.4 Å². The van der Waals surface area contributed by atoms with Crippen LogP contribution in [0.4, 0.5) is 0 Å². The molecule has 0 saturated heterocycles. The first-order chi connectivity index (χ1) is 11.0. The summed E-state index contributed by atoms with van der Waals surface area (Å²) in [6.45, 7) is 4.04. The van der Waals surface area contributed by atoms with Gasteiger partial charge in [-0.1, -0.05) is 17.3 Å². The molecule has 2 heterocycles. The number of aromatic hydroxyl groups is 1. The number of fused-ring (bicyclic) bond motifs is 1. The molecule has 0 unspecified atom stereocenters. The van der Waals surface area contributed by atoms with Gasteiger partial charge in [0.25, 0.3) is 11.6 Å². The first-order valence-electron chi connectivity index (χ1n) is 7.22. The van der Waals surface area contributed by atoms with E-state index in [9.17, 15) is 9.90 Å². The molecular formula is C17H17N3O3. The van der Waals surface area contributed by atoms with E-state index in [4.69, 9.17) is 4.52 Å². The lowest BCUT2D eigenvalue weighted by Crippen LogP contribution is -2.26. The Hall–Kier alpha value is -2.89. The molecule has 0 fully saturated rings. The van der Waals surface area contributed by atoms with E-state index in [0.29, 0.717) is 34.6 Å². The zero-order chi connectivity index (χ0) is 16.6. The monoisotopic (exact) mass is 311 g/mol. The van der Waals surface area contributed by atoms with Crippen LogP contribution in [-0.4, -0.2) is 33.1 Å². The van der Waals surface area contributed by atoms with E-state index in [1.807, 2.05) is 6.92 Å². The van der Waals surface area contributed by atoms with Crippen molar-refractivity contribution >= 4 is 17.0 Å². The number of pyridine rings is 1. The number of phenolic OH excluding ortho intramolecular Hbond substituents is 1. The first-order valence-corrected chi connectivity index (χ1v) is 7.22. The van der Waals surface area contributed by atoms with Gasteiger partial charge in [0, 0.05) is 19.3 Å². The molecule has 2 aromatic heterocycles. The minimum Gasteiger partial charge on any atom is -0.508 e. The van der Waals surface area contributed by atoms with Gasteiger partial charge >= 0.3 is 0 Å². The highest BCUT2D eigenvalue weighted by Gasteiger charge is 2.20. The quantitative estimate of drug-likeness (QED) is 0.804. The van der Waals surface area contributed by atoms with Crippen LogP contribution in [0.1, 0.15) is 27.3 Å². The maximum absolute atomic E-state index is 12.8. The van der Waals surface area contributed by atoms with Gasteiger partial charge in [-0.2, -0.15) is 0 Å².